The quantitative estimate of drug-likeness (QED) is 0.388. The predicted octanol–water partition coefficient (Wildman–Crippen LogP) is 4.45. The van der Waals surface area contributed by atoms with Crippen molar-refractivity contribution in [3.05, 3.63) is 77.6 Å². The van der Waals surface area contributed by atoms with Crippen molar-refractivity contribution >= 4 is 12.0 Å². The third-order valence-corrected chi connectivity index (χ3v) is 3.95. The number of rotatable bonds is 5. The maximum absolute atomic E-state index is 12.1. The number of hydrogen-bond acceptors (Lipinski definition) is 4. The molecule has 0 fully saturated rings. The van der Waals surface area contributed by atoms with E-state index in [-0.39, 0.29) is 0 Å². The van der Waals surface area contributed by atoms with E-state index in [0.29, 0.717) is 11.5 Å². The second kappa shape index (κ2) is 7.70. The molecular weight excluding hydrogens is 328 g/mol. The van der Waals surface area contributed by atoms with Crippen LogP contribution in [-0.2, 0) is 11.8 Å². The first kappa shape index (κ1) is 17.5. The van der Waals surface area contributed by atoms with Crippen molar-refractivity contribution in [2.75, 3.05) is 0 Å². The van der Waals surface area contributed by atoms with E-state index in [9.17, 15) is 4.79 Å². The molecule has 0 aliphatic heterocycles. The number of aryl methyl sites for hydroxylation is 2. The molecular formula is C21H20N2O3. The van der Waals surface area contributed by atoms with Crippen LogP contribution in [0.25, 0.3) is 6.08 Å². The topological polar surface area (TPSA) is 53.4 Å². The fourth-order valence-corrected chi connectivity index (χ4v) is 2.56. The molecule has 5 nitrogen and oxygen atoms in total. The Bertz CT molecular complexity index is 943. The van der Waals surface area contributed by atoms with Gasteiger partial charge in [0, 0.05) is 30.4 Å². The van der Waals surface area contributed by atoms with Crippen molar-refractivity contribution in [2.45, 2.75) is 13.8 Å². The smallest absolute Gasteiger partial charge is 0.336 e. The van der Waals surface area contributed by atoms with Crippen molar-refractivity contribution in [1.82, 2.24) is 9.78 Å². The molecule has 0 radical (unpaired) electrons. The molecule has 5 heteroatoms. The molecule has 3 aromatic rings. The zero-order chi connectivity index (χ0) is 18.5. The average molecular weight is 348 g/mol. The predicted molar refractivity (Wildman–Crippen MR) is 100 cm³/mol. The van der Waals surface area contributed by atoms with Crippen molar-refractivity contribution in [1.29, 1.82) is 0 Å². The first-order valence-electron chi connectivity index (χ1n) is 8.26. The van der Waals surface area contributed by atoms with Crippen LogP contribution in [0.4, 0.5) is 0 Å². The maximum atomic E-state index is 12.1. The Morgan fingerprint density at radius 2 is 1.69 bits per heavy atom. The summed E-state index contributed by atoms with van der Waals surface area (Å²) in [6, 6.07) is 16.4. The third kappa shape index (κ3) is 4.19. The number of aromatic nitrogens is 2. The largest absolute Gasteiger partial charge is 0.457 e. The summed E-state index contributed by atoms with van der Waals surface area (Å²) >= 11 is 0. The molecule has 0 aliphatic rings. The Kier molecular flexibility index (Phi) is 5.17. The molecule has 0 spiro atoms. The second-order valence-corrected chi connectivity index (χ2v) is 5.85. The van der Waals surface area contributed by atoms with Crippen LogP contribution in [0.2, 0.25) is 0 Å². The van der Waals surface area contributed by atoms with Crippen LogP contribution in [0.15, 0.2) is 60.7 Å². The molecule has 1 heterocycles. The summed E-state index contributed by atoms with van der Waals surface area (Å²) in [5.74, 6) is 1.29. The minimum Gasteiger partial charge on any atom is -0.457 e. The van der Waals surface area contributed by atoms with Gasteiger partial charge in [-0.25, -0.2) is 4.79 Å². The number of esters is 1. The van der Waals surface area contributed by atoms with Crippen molar-refractivity contribution in [3.8, 4) is 17.2 Å². The Hall–Kier alpha value is -3.34. The molecule has 0 saturated heterocycles. The molecule has 0 saturated carbocycles. The Morgan fingerprint density at radius 1 is 1.00 bits per heavy atom. The normalized spacial score (nSPS) is 10.9. The number of ether oxygens (including phenoxy) is 2. The summed E-state index contributed by atoms with van der Waals surface area (Å²) in [7, 11) is 1.87. The van der Waals surface area contributed by atoms with E-state index < -0.39 is 5.97 Å². The van der Waals surface area contributed by atoms with E-state index in [4.69, 9.17) is 9.47 Å². The van der Waals surface area contributed by atoms with Gasteiger partial charge in [-0.1, -0.05) is 24.3 Å². The number of para-hydroxylation sites is 1. The highest BCUT2D eigenvalue weighted by Gasteiger charge is 2.08. The molecule has 132 valence electrons. The van der Waals surface area contributed by atoms with E-state index in [1.54, 1.807) is 29.0 Å². The third-order valence-electron chi connectivity index (χ3n) is 3.95. The van der Waals surface area contributed by atoms with E-state index in [1.165, 1.54) is 6.08 Å². The van der Waals surface area contributed by atoms with Crippen LogP contribution in [0.1, 0.15) is 17.0 Å². The van der Waals surface area contributed by atoms with E-state index >= 15 is 0 Å². The van der Waals surface area contributed by atoms with E-state index in [0.717, 1.165) is 22.7 Å². The molecule has 0 N–H and O–H groups in total. The number of carbonyl (C=O) groups excluding carboxylic acids is 1. The summed E-state index contributed by atoms with van der Waals surface area (Å²) < 4.78 is 12.9. The number of hydrogen-bond donors (Lipinski definition) is 0. The first-order chi connectivity index (χ1) is 12.5. The minimum absolute atomic E-state index is 0.424. The summed E-state index contributed by atoms with van der Waals surface area (Å²) in [6.07, 6.45) is 3.13. The molecule has 3 rings (SSSR count). The molecule has 0 amide bonds. The summed E-state index contributed by atoms with van der Waals surface area (Å²) in [5, 5.41) is 4.32. The van der Waals surface area contributed by atoms with Gasteiger partial charge in [-0.05, 0) is 44.2 Å². The zero-order valence-electron chi connectivity index (χ0n) is 15.0. The van der Waals surface area contributed by atoms with Crippen LogP contribution in [0, 0.1) is 13.8 Å². The van der Waals surface area contributed by atoms with Gasteiger partial charge in [-0.15, -0.1) is 0 Å². The van der Waals surface area contributed by atoms with Crippen LogP contribution < -0.4 is 9.47 Å². The molecule has 0 aliphatic carbocycles. The molecule has 0 bridgehead atoms. The summed E-state index contributed by atoms with van der Waals surface area (Å²) in [4.78, 5) is 12.1. The van der Waals surface area contributed by atoms with Gasteiger partial charge < -0.3 is 9.47 Å². The standard InChI is InChI=1S/C21H20N2O3/c1-15-20(16(2)23(3)22-15)12-13-21(24)26-19-11-7-10-18(14-19)25-17-8-5-4-6-9-17/h4-14H,1-3H3/b13-12+. The van der Waals surface area contributed by atoms with Crippen LogP contribution in [-0.4, -0.2) is 15.7 Å². The molecule has 26 heavy (non-hydrogen) atoms. The Morgan fingerprint density at radius 3 is 2.38 bits per heavy atom. The molecule has 0 atom stereocenters. The Labute approximate surface area is 152 Å². The fraction of sp³-hybridized carbons (Fsp3) is 0.143. The first-order valence-corrected chi connectivity index (χ1v) is 8.26. The lowest BCUT2D eigenvalue weighted by atomic mass is 10.2. The maximum Gasteiger partial charge on any atom is 0.336 e. The lowest BCUT2D eigenvalue weighted by Gasteiger charge is -2.07. The SMILES string of the molecule is Cc1nn(C)c(C)c1/C=C/C(=O)Oc1cccc(Oc2ccccc2)c1. The average Bonchev–Trinajstić information content (AvgIpc) is 2.86. The van der Waals surface area contributed by atoms with Crippen LogP contribution >= 0.6 is 0 Å². The lowest BCUT2D eigenvalue weighted by molar-refractivity contribution is -0.128. The zero-order valence-corrected chi connectivity index (χ0v) is 15.0. The van der Waals surface area contributed by atoms with Gasteiger partial charge in [-0.2, -0.15) is 5.10 Å². The number of benzene rings is 2. The van der Waals surface area contributed by atoms with Crippen LogP contribution in [0.5, 0.6) is 17.2 Å². The van der Waals surface area contributed by atoms with Gasteiger partial charge in [0.1, 0.15) is 17.2 Å². The summed E-state index contributed by atoms with van der Waals surface area (Å²) in [6.45, 7) is 3.86. The summed E-state index contributed by atoms with van der Waals surface area (Å²) in [5.41, 5.74) is 2.78. The number of carbonyl (C=O) groups is 1. The molecule has 1 aromatic heterocycles. The van der Waals surface area contributed by atoms with Gasteiger partial charge in [0.05, 0.1) is 5.69 Å². The van der Waals surface area contributed by atoms with E-state index in [1.807, 2.05) is 57.3 Å². The highest BCUT2D eigenvalue weighted by Crippen LogP contribution is 2.25. The van der Waals surface area contributed by atoms with Gasteiger partial charge in [-0.3, -0.25) is 4.68 Å². The van der Waals surface area contributed by atoms with Crippen molar-refractivity contribution in [2.24, 2.45) is 7.05 Å². The monoisotopic (exact) mass is 348 g/mol. The molecule has 0 unspecified atom stereocenters. The highest BCUT2D eigenvalue weighted by molar-refractivity contribution is 5.89. The minimum atomic E-state index is -0.454. The van der Waals surface area contributed by atoms with Gasteiger partial charge in [0.15, 0.2) is 0 Å². The van der Waals surface area contributed by atoms with Crippen molar-refractivity contribution in [3.63, 3.8) is 0 Å². The van der Waals surface area contributed by atoms with E-state index in [2.05, 4.69) is 5.10 Å². The van der Waals surface area contributed by atoms with Crippen LogP contribution in [0.3, 0.4) is 0 Å². The fourth-order valence-electron chi connectivity index (χ4n) is 2.56. The molecule has 2 aromatic carbocycles. The van der Waals surface area contributed by atoms with Crippen molar-refractivity contribution < 1.29 is 14.3 Å². The lowest BCUT2D eigenvalue weighted by Crippen LogP contribution is -2.03. The second-order valence-electron chi connectivity index (χ2n) is 5.85. The van der Waals surface area contributed by atoms with Gasteiger partial charge in [0.2, 0.25) is 0 Å². The van der Waals surface area contributed by atoms with Gasteiger partial charge in [0.25, 0.3) is 0 Å². The highest BCUT2D eigenvalue weighted by atomic mass is 16.5. The van der Waals surface area contributed by atoms with Gasteiger partial charge >= 0.3 is 5.97 Å². The number of nitrogens with zero attached hydrogens (tertiary/aromatic N) is 2. The Balaban J connectivity index is 1.68.